The zero-order chi connectivity index (χ0) is 18.1. The second kappa shape index (κ2) is 6.55. The first-order valence-electron chi connectivity index (χ1n) is 8.01. The van der Waals surface area contributed by atoms with Gasteiger partial charge in [-0.3, -0.25) is 9.78 Å². The molecule has 1 aromatic carbocycles. The minimum Gasteiger partial charge on any atom is -0.494 e. The number of aromatic nitrogens is 1. The molecule has 0 radical (unpaired) electrons. The van der Waals surface area contributed by atoms with Crippen LogP contribution >= 0.6 is 0 Å². The van der Waals surface area contributed by atoms with Crippen LogP contribution in [-0.4, -0.2) is 36.3 Å². The molecular formula is C18H18FN3O3. The lowest BCUT2D eigenvalue weighted by Gasteiger charge is -2.37. The van der Waals surface area contributed by atoms with Gasteiger partial charge in [0.2, 0.25) is 0 Å². The molecule has 130 valence electrons. The highest BCUT2D eigenvalue weighted by Gasteiger charge is 2.32. The van der Waals surface area contributed by atoms with Crippen LogP contribution in [0.25, 0.3) is 10.9 Å². The summed E-state index contributed by atoms with van der Waals surface area (Å²) in [6.07, 6.45) is 1.83. The SMILES string of the molecule is COc1ccc2c(N3CC[C@H](C(=O)O)[C@H](C)C3)c(C#N)cnc2c1F. The molecule has 1 fully saturated rings. The van der Waals surface area contributed by atoms with Crippen molar-refractivity contribution in [3.05, 3.63) is 29.7 Å². The Balaban J connectivity index is 2.11. The van der Waals surface area contributed by atoms with Crippen molar-refractivity contribution in [1.29, 1.82) is 5.26 Å². The van der Waals surface area contributed by atoms with Gasteiger partial charge in [0.25, 0.3) is 0 Å². The van der Waals surface area contributed by atoms with E-state index in [1.54, 1.807) is 6.07 Å². The van der Waals surface area contributed by atoms with Crippen LogP contribution in [0.15, 0.2) is 18.3 Å². The minimum atomic E-state index is -0.803. The number of carboxylic acids is 1. The van der Waals surface area contributed by atoms with Crippen molar-refractivity contribution in [2.24, 2.45) is 11.8 Å². The van der Waals surface area contributed by atoms with Crippen molar-refractivity contribution in [2.75, 3.05) is 25.1 Å². The first kappa shape index (κ1) is 17.0. The molecule has 1 N–H and O–H groups in total. The normalized spacial score (nSPS) is 20.3. The van der Waals surface area contributed by atoms with Crippen molar-refractivity contribution in [3.63, 3.8) is 0 Å². The van der Waals surface area contributed by atoms with E-state index in [0.29, 0.717) is 36.1 Å². The van der Waals surface area contributed by atoms with Crippen LogP contribution in [0, 0.1) is 29.0 Å². The molecule has 1 aliphatic heterocycles. The number of nitriles is 1. The molecule has 1 aliphatic rings. The first-order valence-corrected chi connectivity index (χ1v) is 8.01. The maximum atomic E-state index is 14.5. The lowest BCUT2D eigenvalue weighted by Crippen LogP contribution is -2.42. The zero-order valence-electron chi connectivity index (χ0n) is 14.0. The molecule has 2 heterocycles. The summed E-state index contributed by atoms with van der Waals surface area (Å²) in [6, 6.07) is 5.31. The highest BCUT2D eigenvalue weighted by molar-refractivity contribution is 5.95. The summed E-state index contributed by atoms with van der Waals surface area (Å²) in [7, 11) is 1.38. The number of hydrogen-bond donors (Lipinski definition) is 1. The fourth-order valence-electron chi connectivity index (χ4n) is 3.49. The van der Waals surface area contributed by atoms with Gasteiger partial charge in [-0.15, -0.1) is 0 Å². The van der Waals surface area contributed by atoms with Gasteiger partial charge in [0.15, 0.2) is 11.6 Å². The summed E-state index contributed by atoms with van der Waals surface area (Å²) in [4.78, 5) is 17.4. The molecule has 2 aromatic rings. The number of carbonyl (C=O) groups is 1. The van der Waals surface area contributed by atoms with E-state index in [1.165, 1.54) is 19.4 Å². The standard InChI is InChI=1S/C18H18FN3O3/c1-10-9-22(6-5-12(10)18(23)24)17-11(7-20)8-21-16-13(17)3-4-14(25-2)15(16)19/h3-4,8,10,12H,5-6,9H2,1-2H3,(H,23,24)/t10-,12+/m1/s1. The highest BCUT2D eigenvalue weighted by atomic mass is 19.1. The van der Waals surface area contributed by atoms with Gasteiger partial charge in [-0.2, -0.15) is 5.26 Å². The molecule has 0 spiro atoms. The maximum absolute atomic E-state index is 14.5. The molecule has 0 saturated carbocycles. The number of halogens is 1. The van der Waals surface area contributed by atoms with E-state index >= 15 is 0 Å². The topological polar surface area (TPSA) is 86.5 Å². The second-order valence-corrected chi connectivity index (χ2v) is 6.27. The maximum Gasteiger partial charge on any atom is 0.306 e. The number of carboxylic acid groups (broad SMARTS) is 1. The number of methoxy groups -OCH3 is 1. The van der Waals surface area contributed by atoms with Gasteiger partial charge < -0.3 is 14.7 Å². The molecule has 3 rings (SSSR count). The third-order valence-electron chi connectivity index (χ3n) is 4.79. The van der Waals surface area contributed by atoms with Crippen molar-refractivity contribution < 1.29 is 19.0 Å². The number of benzene rings is 1. The van der Waals surface area contributed by atoms with E-state index in [4.69, 9.17) is 4.74 Å². The number of rotatable bonds is 3. The Morgan fingerprint density at radius 3 is 2.88 bits per heavy atom. The summed E-state index contributed by atoms with van der Waals surface area (Å²) in [6.45, 7) is 2.85. The monoisotopic (exact) mass is 343 g/mol. The highest BCUT2D eigenvalue weighted by Crippen LogP contribution is 2.36. The van der Waals surface area contributed by atoms with Gasteiger partial charge in [0, 0.05) is 24.7 Å². The molecule has 6 nitrogen and oxygen atoms in total. The van der Waals surface area contributed by atoms with Gasteiger partial charge in [-0.05, 0) is 24.5 Å². The summed E-state index contributed by atoms with van der Waals surface area (Å²) < 4.78 is 19.5. The summed E-state index contributed by atoms with van der Waals surface area (Å²) in [5.74, 6) is -1.77. The molecule has 7 heteroatoms. The number of ether oxygens (including phenoxy) is 1. The Bertz CT molecular complexity index is 878. The largest absolute Gasteiger partial charge is 0.494 e. The predicted octanol–water partition coefficient (Wildman–Crippen LogP) is 2.80. The van der Waals surface area contributed by atoms with E-state index in [0.717, 1.165) is 0 Å². The number of aliphatic carboxylic acids is 1. The van der Waals surface area contributed by atoms with Crippen LogP contribution in [0.1, 0.15) is 18.9 Å². The summed E-state index contributed by atoms with van der Waals surface area (Å²) in [5, 5.41) is 19.3. The van der Waals surface area contributed by atoms with E-state index < -0.39 is 17.7 Å². The molecular weight excluding hydrogens is 325 g/mol. The number of piperidine rings is 1. The van der Waals surface area contributed by atoms with Gasteiger partial charge in [-0.25, -0.2) is 4.39 Å². The van der Waals surface area contributed by atoms with Gasteiger partial charge in [0.1, 0.15) is 11.6 Å². The van der Waals surface area contributed by atoms with E-state index in [2.05, 4.69) is 11.1 Å². The molecule has 1 saturated heterocycles. The van der Waals surface area contributed by atoms with Gasteiger partial charge in [-0.1, -0.05) is 6.92 Å². The van der Waals surface area contributed by atoms with Crippen LogP contribution in [0.2, 0.25) is 0 Å². The number of hydrogen-bond acceptors (Lipinski definition) is 5. The van der Waals surface area contributed by atoms with Crippen molar-refractivity contribution in [1.82, 2.24) is 4.98 Å². The Morgan fingerprint density at radius 2 is 2.28 bits per heavy atom. The van der Waals surface area contributed by atoms with Crippen molar-refractivity contribution in [3.8, 4) is 11.8 Å². The Hall–Kier alpha value is -2.88. The Kier molecular flexibility index (Phi) is 4.45. The van der Waals surface area contributed by atoms with Crippen LogP contribution in [0.5, 0.6) is 5.75 Å². The average Bonchev–Trinajstić information content (AvgIpc) is 2.60. The van der Waals surface area contributed by atoms with E-state index in [-0.39, 0.29) is 17.2 Å². The minimum absolute atomic E-state index is 0.0795. The summed E-state index contributed by atoms with van der Waals surface area (Å²) in [5.41, 5.74) is 1.09. The van der Waals surface area contributed by atoms with E-state index in [1.807, 2.05) is 11.8 Å². The number of nitrogens with zero attached hydrogens (tertiary/aromatic N) is 3. The fourth-order valence-corrected chi connectivity index (χ4v) is 3.49. The van der Waals surface area contributed by atoms with Gasteiger partial charge >= 0.3 is 5.97 Å². The van der Waals surface area contributed by atoms with Crippen molar-refractivity contribution in [2.45, 2.75) is 13.3 Å². The Morgan fingerprint density at radius 1 is 1.52 bits per heavy atom. The molecule has 0 amide bonds. The molecule has 0 bridgehead atoms. The molecule has 2 atom stereocenters. The van der Waals surface area contributed by atoms with E-state index in [9.17, 15) is 19.6 Å². The lowest BCUT2D eigenvalue weighted by molar-refractivity contribution is -0.144. The zero-order valence-corrected chi connectivity index (χ0v) is 14.0. The predicted molar refractivity (Wildman–Crippen MR) is 90.1 cm³/mol. The Labute approximate surface area is 144 Å². The number of anilines is 1. The summed E-state index contributed by atoms with van der Waals surface area (Å²) >= 11 is 0. The average molecular weight is 343 g/mol. The smallest absolute Gasteiger partial charge is 0.306 e. The van der Waals surface area contributed by atoms with Crippen LogP contribution in [0.4, 0.5) is 10.1 Å². The fraction of sp³-hybridized carbons (Fsp3) is 0.389. The van der Waals surface area contributed by atoms with Gasteiger partial charge in [0.05, 0.1) is 24.3 Å². The number of fused-ring (bicyclic) bond motifs is 1. The van der Waals surface area contributed by atoms with Crippen LogP contribution in [-0.2, 0) is 4.79 Å². The van der Waals surface area contributed by atoms with Crippen molar-refractivity contribution >= 4 is 22.6 Å². The second-order valence-electron chi connectivity index (χ2n) is 6.27. The van der Waals surface area contributed by atoms with Crippen LogP contribution in [0.3, 0.4) is 0 Å². The molecule has 0 unspecified atom stereocenters. The molecule has 1 aromatic heterocycles. The molecule has 0 aliphatic carbocycles. The third kappa shape index (κ3) is 2.84. The van der Waals surface area contributed by atoms with Crippen LogP contribution < -0.4 is 9.64 Å². The molecule has 25 heavy (non-hydrogen) atoms. The lowest BCUT2D eigenvalue weighted by atomic mass is 9.86. The quantitative estimate of drug-likeness (QED) is 0.922. The number of pyridine rings is 1. The first-order chi connectivity index (χ1) is 12.0. The third-order valence-corrected chi connectivity index (χ3v) is 4.79.